The zero-order valence-electron chi connectivity index (χ0n) is 12.2. The molecule has 0 aliphatic heterocycles. The van der Waals surface area contributed by atoms with E-state index < -0.39 is 7.80 Å². The van der Waals surface area contributed by atoms with E-state index in [9.17, 15) is 9.36 Å². The van der Waals surface area contributed by atoms with Crippen molar-refractivity contribution < 1.29 is 18.8 Å². The van der Waals surface area contributed by atoms with E-state index in [4.69, 9.17) is 9.47 Å². The summed E-state index contributed by atoms with van der Waals surface area (Å²) in [5, 5.41) is 0.785. The molecule has 0 spiro atoms. The fraction of sp³-hybridized carbons (Fsp3) is 0.533. The second-order valence-electron chi connectivity index (χ2n) is 4.45. The van der Waals surface area contributed by atoms with Gasteiger partial charge in [0.1, 0.15) is 13.6 Å². The summed E-state index contributed by atoms with van der Waals surface area (Å²) in [6.45, 7) is 4.75. The number of hydrogen-bond acceptors (Lipinski definition) is 4. The van der Waals surface area contributed by atoms with Crippen molar-refractivity contribution in [2.24, 2.45) is 0 Å². The van der Waals surface area contributed by atoms with Gasteiger partial charge in [0.15, 0.2) is 0 Å². The van der Waals surface area contributed by atoms with Crippen LogP contribution in [0, 0.1) is 0 Å². The van der Waals surface area contributed by atoms with E-state index in [1.165, 1.54) is 0 Å². The molecule has 112 valence electrons. The molecular weight excluding hydrogens is 275 g/mol. The van der Waals surface area contributed by atoms with E-state index in [0.29, 0.717) is 38.0 Å². The summed E-state index contributed by atoms with van der Waals surface area (Å²) in [7, 11) is -1.90. The minimum absolute atomic E-state index is 0.212. The lowest BCUT2D eigenvalue weighted by Gasteiger charge is -2.10. The second kappa shape index (κ2) is 9.60. The molecule has 5 heteroatoms. The quantitative estimate of drug-likeness (QED) is 0.399. The van der Waals surface area contributed by atoms with Gasteiger partial charge in [-0.05, 0) is 25.0 Å². The maximum atomic E-state index is 12.3. The van der Waals surface area contributed by atoms with Crippen LogP contribution in [0.15, 0.2) is 24.3 Å². The Balaban J connectivity index is 2.48. The molecule has 1 aromatic carbocycles. The minimum Gasteiger partial charge on any atom is -0.493 e. The Bertz CT molecular complexity index is 445. The summed E-state index contributed by atoms with van der Waals surface area (Å²) in [5.74, 6) is 0.500. The molecule has 0 heterocycles. The van der Waals surface area contributed by atoms with Gasteiger partial charge in [-0.1, -0.05) is 26.0 Å². The Hall–Kier alpha value is -1.28. The third kappa shape index (κ3) is 5.79. The van der Waals surface area contributed by atoms with E-state index in [-0.39, 0.29) is 5.97 Å². The highest BCUT2D eigenvalue weighted by Crippen LogP contribution is 2.26. The van der Waals surface area contributed by atoms with Crippen LogP contribution in [0.2, 0.25) is 0 Å². The third-order valence-corrected chi connectivity index (χ3v) is 4.57. The first kappa shape index (κ1) is 16.8. The Morgan fingerprint density at radius 3 is 2.65 bits per heavy atom. The van der Waals surface area contributed by atoms with Gasteiger partial charge in [0.2, 0.25) is 0 Å². The van der Waals surface area contributed by atoms with E-state index in [1.807, 2.05) is 31.2 Å². The number of benzene rings is 1. The van der Waals surface area contributed by atoms with Gasteiger partial charge in [0, 0.05) is 12.6 Å². The molecule has 0 fully saturated rings. The number of carbonyl (C=O) groups excluding carboxylic acids is 1. The maximum absolute atomic E-state index is 12.3. The molecule has 0 radical (unpaired) electrons. The molecule has 1 aromatic rings. The van der Waals surface area contributed by atoms with Crippen LogP contribution in [-0.4, -0.2) is 25.3 Å². The maximum Gasteiger partial charge on any atom is 0.305 e. The fourth-order valence-electron chi connectivity index (χ4n) is 1.69. The smallest absolute Gasteiger partial charge is 0.305 e. The largest absolute Gasteiger partial charge is 0.493 e. The van der Waals surface area contributed by atoms with Crippen molar-refractivity contribution in [3.8, 4) is 5.75 Å². The molecule has 0 aromatic heterocycles. The summed E-state index contributed by atoms with van der Waals surface area (Å²) in [5.41, 5.74) is 0. The van der Waals surface area contributed by atoms with Crippen LogP contribution >= 0.6 is 7.80 Å². The average molecular weight is 298 g/mol. The first-order chi connectivity index (χ1) is 9.69. The molecule has 0 amide bonds. The van der Waals surface area contributed by atoms with Crippen molar-refractivity contribution in [3.05, 3.63) is 24.3 Å². The van der Waals surface area contributed by atoms with Crippen LogP contribution < -0.4 is 10.0 Å². The van der Waals surface area contributed by atoms with Crippen LogP contribution in [0.1, 0.15) is 33.1 Å². The third-order valence-electron chi connectivity index (χ3n) is 2.75. The monoisotopic (exact) mass is 298 g/mol. The van der Waals surface area contributed by atoms with E-state index in [1.54, 1.807) is 6.92 Å². The lowest BCUT2D eigenvalue weighted by Crippen LogP contribution is -2.09. The Morgan fingerprint density at radius 2 is 1.95 bits per heavy atom. The molecule has 0 N–H and O–H groups in total. The predicted octanol–water partition coefficient (Wildman–Crippen LogP) is 3.00. The summed E-state index contributed by atoms with van der Waals surface area (Å²) in [6, 6.07) is 7.45. The van der Waals surface area contributed by atoms with Gasteiger partial charge in [-0.25, -0.2) is 0 Å². The Morgan fingerprint density at radius 1 is 1.20 bits per heavy atom. The predicted molar refractivity (Wildman–Crippen MR) is 81.6 cm³/mol. The number of esters is 1. The topological polar surface area (TPSA) is 52.6 Å². The molecular formula is C15H23O4P. The number of hydrogen-bond donors (Lipinski definition) is 0. The molecule has 1 unspecified atom stereocenters. The lowest BCUT2D eigenvalue weighted by atomic mass is 10.3. The van der Waals surface area contributed by atoms with Crippen molar-refractivity contribution in [2.75, 3.05) is 19.4 Å². The highest BCUT2D eigenvalue weighted by molar-refractivity contribution is 7.53. The Labute approximate surface area is 121 Å². The molecule has 0 aliphatic carbocycles. The van der Waals surface area contributed by atoms with Gasteiger partial charge >= 0.3 is 5.97 Å². The molecule has 1 rings (SSSR count). The second-order valence-corrected chi connectivity index (χ2v) is 6.33. The molecule has 0 saturated heterocycles. The molecule has 0 saturated carbocycles. The van der Waals surface area contributed by atoms with Gasteiger partial charge in [0.25, 0.3) is 0 Å². The zero-order chi connectivity index (χ0) is 14.8. The molecule has 4 nitrogen and oxygen atoms in total. The fourth-order valence-corrected chi connectivity index (χ4v) is 3.14. The molecule has 0 aliphatic rings. The summed E-state index contributed by atoms with van der Waals surface area (Å²) >= 11 is 0. The highest BCUT2D eigenvalue weighted by Gasteiger charge is 2.10. The minimum atomic E-state index is -1.90. The first-order valence-electron chi connectivity index (χ1n) is 7.09. The van der Waals surface area contributed by atoms with Gasteiger partial charge in [-0.2, -0.15) is 0 Å². The van der Waals surface area contributed by atoms with Crippen molar-refractivity contribution in [3.63, 3.8) is 0 Å². The number of rotatable bonds is 9. The Kier molecular flexibility index (Phi) is 8.05. The van der Waals surface area contributed by atoms with Crippen LogP contribution in [0.25, 0.3) is 0 Å². The van der Waals surface area contributed by atoms with Gasteiger partial charge in [-0.15, -0.1) is 0 Å². The van der Waals surface area contributed by atoms with Crippen LogP contribution in [0.5, 0.6) is 5.75 Å². The van der Waals surface area contributed by atoms with Gasteiger partial charge in [0.05, 0.1) is 18.5 Å². The zero-order valence-corrected chi connectivity index (χ0v) is 13.2. The van der Waals surface area contributed by atoms with Crippen LogP contribution in [0.4, 0.5) is 0 Å². The normalized spacial score (nSPS) is 11.9. The van der Waals surface area contributed by atoms with Gasteiger partial charge < -0.3 is 14.0 Å². The van der Waals surface area contributed by atoms with E-state index in [0.717, 1.165) is 11.7 Å². The van der Waals surface area contributed by atoms with Crippen molar-refractivity contribution in [2.45, 2.75) is 33.1 Å². The number of ether oxygens (including phenoxy) is 2. The highest BCUT2D eigenvalue weighted by atomic mass is 31.1. The molecule has 0 bridgehead atoms. The van der Waals surface area contributed by atoms with Gasteiger partial charge in [-0.3, -0.25) is 4.79 Å². The van der Waals surface area contributed by atoms with Crippen LogP contribution in [-0.2, 0) is 14.1 Å². The van der Waals surface area contributed by atoms with Crippen molar-refractivity contribution in [1.82, 2.24) is 0 Å². The van der Waals surface area contributed by atoms with E-state index in [2.05, 4.69) is 0 Å². The average Bonchev–Trinajstić information content (AvgIpc) is 2.49. The number of carbonyl (C=O) groups is 1. The molecule has 1 atom stereocenters. The summed E-state index contributed by atoms with van der Waals surface area (Å²) < 4.78 is 22.9. The summed E-state index contributed by atoms with van der Waals surface area (Å²) in [6.07, 6.45) is 2.45. The SMILES string of the molecule is CCCOc1ccccc1[PH](=O)CCCOC(=O)CC. The van der Waals surface area contributed by atoms with Crippen molar-refractivity contribution >= 4 is 19.1 Å². The standard InChI is InChI=1S/C15H23O4P/c1-3-10-18-13-8-5-6-9-14(13)20(17)12-7-11-19-15(16)4-2/h5-6,8-9,20H,3-4,7,10-12H2,1-2H3. The number of para-hydroxylation sites is 1. The summed E-state index contributed by atoms with van der Waals surface area (Å²) in [4.78, 5) is 11.0. The first-order valence-corrected chi connectivity index (χ1v) is 8.71. The van der Waals surface area contributed by atoms with E-state index >= 15 is 0 Å². The van der Waals surface area contributed by atoms with Crippen molar-refractivity contribution in [1.29, 1.82) is 0 Å². The lowest BCUT2D eigenvalue weighted by molar-refractivity contribution is -0.143. The molecule has 20 heavy (non-hydrogen) atoms. The van der Waals surface area contributed by atoms with Crippen LogP contribution in [0.3, 0.4) is 0 Å².